The molecule has 0 radical (unpaired) electrons. The highest BCUT2D eigenvalue weighted by Gasteiger charge is 2.03. The van der Waals surface area contributed by atoms with Crippen LogP contribution in [0.15, 0.2) is 42.6 Å². The van der Waals surface area contributed by atoms with Crippen LogP contribution in [0.25, 0.3) is 6.08 Å². The lowest BCUT2D eigenvalue weighted by atomic mass is 10.2. The fourth-order valence-electron chi connectivity index (χ4n) is 1.55. The summed E-state index contributed by atoms with van der Waals surface area (Å²) in [4.78, 5) is 14.5. The van der Waals surface area contributed by atoms with Crippen LogP contribution in [0.2, 0.25) is 10.0 Å². The third-order valence-corrected chi connectivity index (χ3v) is 3.16. The Morgan fingerprint density at radius 1 is 1.29 bits per heavy atom. The summed E-state index contributed by atoms with van der Waals surface area (Å²) in [6.45, 7) is 0.269. The maximum atomic E-state index is 10.4. The molecule has 0 aliphatic rings. The molecule has 0 bridgehead atoms. The molecule has 4 nitrogen and oxygen atoms in total. The Bertz CT molecular complexity index is 669. The maximum absolute atomic E-state index is 10.4. The summed E-state index contributed by atoms with van der Waals surface area (Å²) in [6, 6.07) is 8.52. The van der Waals surface area contributed by atoms with Crippen LogP contribution < -0.4 is 4.74 Å². The zero-order valence-corrected chi connectivity index (χ0v) is 12.3. The van der Waals surface area contributed by atoms with Gasteiger partial charge in [0.25, 0.3) is 0 Å². The van der Waals surface area contributed by atoms with E-state index >= 15 is 0 Å². The van der Waals surface area contributed by atoms with Gasteiger partial charge in [0.1, 0.15) is 12.4 Å². The first-order chi connectivity index (χ1) is 10.0. The highest BCUT2D eigenvalue weighted by Crippen LogP contribution is 2.22. The second-order valence-corrected chi connectivity index (χ2v) is 4.96. The van der Waals surface area contributed by atoms with E-state index in [1.807, 2.05) is 0 Å². The largest absolute Gasteiger partial charge is 0.487 e. The van der Waals surface area contributed by atoms with Gasteiger partial charge >= 0.3 is 5.97 Å². The first-order valence-electron chi connectivity index (χ1n) is 5.98. The van der Waals surface area contributed by atoms with Gasteiger partial charge in [-0.15, -0.1) is 0 Å². The number of carboxylic acid groups (broad SMARTS) is 1. The summed E-state index contributed by atoms with van der Waals surface area (Å²) in [7, 11) is 0. The first kappa shape index (κ1) is 15.4. The highest BCUT2D eigenvalue weighted by molar-refractivity contribution is 6.33. The summed E-state index contributed by atoms with van der Waals surface area (Å²) >= 11 is 11.9. The molecule has 2 rings (SSSR count). The number of ether oxygens (including phenoxy) is 1. The zero-order chi connectivity index (χ0) is 15.2. The minimum Gasteiger partial charge on any atom is -0.487 e. The number of aliphatic carboxylic acids is 1. The van der Waals surface area contributed by atoms with Crippen LogP contribution in [0.5, 0.6) is 5.75 Å². The number of halogens is 2. The van der Waals surface area contributed by atoms with Crippen molar-refractivity contribution < 1.29 is 14.6 Å². The fraction of sp³-hybridized carbons (Fsp3) is 0.0667. The SMILES string of the molecule is O=C(O)C=Cc1ccc(OCc2cc(Cl)ccc2Cl)cn1. The Balaban J connectivity index is 2.00. The molecule has 0 atom stereocenters. The standard InChI is InChI=1S/C15H11Cl2NO3/c16-11-1-5-14(17)10(7-11)9-21-13-4-2-12(18-8-13)3-6-15(19)20/h1-8H,9H2,(H,19,20). The topological polar surface area (TPSA) is 59.4 Å². The average molecular weight is 324 g/mol. The van der Waals surface area contributed by atoms with Gasteiger partial charge in [-0.3, -0.25) is 4.98 Å². The second kappa shape index (κ2) is 7.11. The van der Waals surface area contributed by atoms with Gasteiger partial charge in [-0.05, 0) is 36.4 Å². The van der Waals surface area contributed by atoms with Crippen molar-refractivity contribution in [3.8, 4) is 5.75 Å². The van der Waals surface area contributed by atoms with Crippen LogP contribution >= 0.6 is 23.2 Å². The molecule has 2 aromatic rings. The lowest BCUT2D eigenvalue weighted by Crippen LogP contribution is -1.97. The monoisotopic (exact) mass is 323 g/mol. The van der Waals surface area contributed by atoms with E-state index < -0.39 is 5.97 Å². The Morgan fingerprint density at radius 2 is 2.10 bits per heavy atom. The zero-order valence-electron chi connectivity index (χ0n) is 10.8. The quantitative estimate of drug-likeness (QED) is 0.843. The molecule has 6 heteroatoms. The molecule has 0 aliphatic carbocycles. The van der Waals surface area contributed by atoms with Crippen molar-refractivity contribution in [1.82, 2.24) is 4.98 Å². The Kier molecular flexibility index (Phi) is 5.20. The molecular weight excluding hydrogens is 313 g/mol. The van der Waals surface area contributed by atoms with Gasteiger partial charge < -0.3 is 9.84 Å². The van der Waals surface area contributed by atoms with E-state index in [0.717, 1.165) is 11.6 Å². The van der Waals surface area contributed by atoms with Gasteiger partial charge in [0.05, 0.1) is 11.9 Å². The molecule has 108 valence electrons. The number of benzene rings is 1. The van der Waals surface area contributed by atoms with Crippen molar-refractivity contribution in [2.75, 3.05) is 0 Å². The summed E-state index contributed by atoms with van der Waals surface area (Å²) in [5.41, 5.74) is 1.31. The Hall–Kier alpha value is -2.04. The number of pyridine rings is 1. The number of carbonyl (C=O) groups is 1. The van der Waals surface area contributed by atoms with Crippen molar-refractivity contribution in [3.05, 3.63) is 63.9 Å². The molecule has 1 N–H and O–H groups in total. The lowest BCUT2D eigenvalue weighted by Gasteiger charge is -2.08. The molecule has 0 aliphatic heterocycles. The van der Waals surface area contributed by atoms with Gasteiger partial charge in [0.2, 0.25) is 0 Å². The summed E-state index contributed by atoms with van der Waals surface area (Å²) in [5.74, 6) is -0.466. The first-order valence-corrected chi connectivity index (χ1v) is 6.74. The molecule has 1 heterocycles. The van der Waals surface area contributed by atoms with Crippen molar-refractivity contribution in [3.63, 3.8) is 0 Å². The highest BCUT2D eigenvalue weighted by atomic mass is 35.5. The lowest BCUT2D eigenvalue weighted by molar-refractivity contribution is -0.131. The van der Waals surface area contributed by atoms with Crippen LogP contribution in [0.4, 0.5) is 0 Å². The predicted octanol–water partition coefficient (Wildman–Crippen LogP) is 4.07. The van der Waals surface area contributed by atoms with E-state index in [0.29, 0.717) is 21.5 Å². The van der Waals surface area contributed by atoms with Gasteiger partial charge in [-0.25, -0.2) is 4.79 Å². The van der Waals surface area contributed by atoms with Crippen LogP contribution in [0.3, 0.4) is 0 Å². The summed E-state index contributed by atoms with van der Waals surface area (Å²) < 4.78 is 5.56. The van der Waals surface area contributed by atoms with Crippen LogP contribution in [-0.4, -0.2) is 16.1 Å². The van der Waals surface area contributed by atoms with E-state index in [-0.39, 0.29) is 6.61 Å². The van der Waals surface area contributed by atoms with Gasteiger partial charge in [0.15, 0.2) is 0 Å². The number of rotatable bonds is 5. The van der Waals surface area contributed by atoms with E-state index in [4.69, 9.17) is 33.0 Å². The van der Waals surface area contributed by atoms with Gasteiger partial charge in [-0.2, -0.15) is 0 Å². The van der Waals surface area contributed by atoms with Crippen molar-refractivity contribution in [1.29, 1.82) is 0 Å². The maximum Gasteiger partial charge on any atom is 0.328 e. The third-order valence-electron chi connectivity index (χ3n) is 2.56. The molecular formula is C15H11Cl2NO3. The molecule has 1 aromatic carbocycles. The number of hydrogen-bond acceptors (Lipinski definition) is 3. The number of aromatic nitrogens is 1. The van der Waals surface area contributed by atoms with Crippen LogP contribution in [0.1, 0.15) is 11.3 Å². The van der Waals surface area contributed by atoms with Gasteiger partial charge in [-0.1, -0.05) is 23.2 Å². The molecule has 0 saturated carbocycles. The minimum absolute atomic E-state index is 0.269. The van der Waals surface area contributed by atoms with E-state index in [1.54, 1.807) is 30.3 Å². The molecule has 1 aromatic heterocycles. The molecule has 0 saturated heterocycles. The fourth-order valence-corrected chi connectivity index (χ4v) is 1.91. The third kappa shape index (κ3) is 4.77. The van der Waals surface area contributed by atoms with E-state index in [9.17, 15) is 4.79 Å². The second-order valence-electron chi connectivity index (χ2n) is 4.11. The average Bonchev–Trinajstić information content (AvgIpc) is 2.47. The van der Waals surface area contributed by atoms with Gasteiger partial charge in [0, 0.05) is 21.7 Å². The number of hydrogen-bond donors (Lipinski definition) is 1. The van der Waals surface area contributed by atoms with E-state index in [1.165, 1.54) is 12.3 Å². The molecule has 0 spiro atoms. The molecule has 21 heavy (non-hydrogen) atoms. The van der Waals surface area contributed by atoms with Crippen molar-refractivity contribution in [2.24, 2.45) is 0 Å². The normalized spacial score (nSPS) is 10.8. The van der Waals surface area contributed by atoms with Crippen LogP contribution in [-0.2, 0) is 11.4 Å². The van der Waals surface area contributed by atoms with Crippen molar-refractivity contribution >= 4 is 35.2 Å². The number of nitrogens with zero attached hydrogens (tertiary/aromatic N) is 1. The Labute approximate surface area is 131 Å². The predicted molar refractivity (Wildman–Crippen MR) is 81.7 cm³/mol. The van der Waals surface area contributed by atoms with E-state index in [2.05, 4.69) is 4.98 Å². The molecule has 0 amide bonds. The Morgan fingerprint density at radius 3 is 2.76 bits per heavy atom. The summed E-state index contributed by atoms with van der Waals surface area (Å²) in [6.07, 6.45) is 3.94. The molecule has 0 unspecified atom stereocenters. The van der Waals surface area contributed by atoms with Crippen LogP contribution in [0, 0.1) is 0 Å². The van der Waals surface area contributed by atoms with Crippen molar-refractivity contribution in [2.45, 2.75) is 6.61 Å². The smallest absolute Gasteiger partial charge is 0.328 e. The summed E-state index contributed by atoms with van der Waals surface area (Å²) in [5, 5.41) is 9.69. The minimum atomic E-state index is -1.02. The molecule has 0 fully saturated rings. The number of carboxylic acids is 1.